The van der Waals surface area contributed by atoms with Crippen LogP contribution >= 0.6 is 0 Å². The van der Waals surface area contributed by atoms with E-state index < -0.39 is 5.63 Å². The standard InChI is InChI=1S/C22H24N2O4/c1-23-8-10-24(11-9-23)14-19-20(25)7-6-16-13-18(22(26)28-21(16)19)15-4-3-5-17(12-15)27-2/h3-7,12-13,25H,8-11,14H2,1-2H3. The van der Waals surface area contributed by atoms with Gasteiger partial charge in [0.1, 0.15) is 17.1 Å². The molecule has 4 rings (SSSR count). The van der Waals surface area contributed by atoms with Gasteiger partial charge in [-0.15, -0.1) is 0 Å². The number of rotatable bonds is 4. The van der Waals surface area contributed by atoms with Crippen LogP contribution in [0.1, 0.15) is 5.56 Å². The summed E-state index contributed by atoms with van der Waals surface area (Å²) in [6, 6.07) is 12.6. The van der Waals surface area contributed by atoms with Gasteiger partial charge in [-0.05, 0) is 42.9 Å². The topological polar surface area (TPSA) is 66.2 Å². The predicted octanol–water partition coefficient (Wildman–Crippen LogP) is 2.92. The first-order valence-corrected chi connectivity index (χ1v) is 9.39. The lowest BCUT2D eigenvalue weighted by molar-refractivity contribution is 0.147. The average Bonchev–Trinajstić information content (AvgIpc) is 2.71. The lowest BCUT2D eigenvalue weighted by Gasteiger charge is -2.32. The number of ether oxygens (including phenoxy) is 1. The van der Waals surface area contributed by atoms with Crippen molar-refractivity contribution in [2.75, 3.05) is 40.3 Å². The highest BCUT2D eigenvalue weighted by atomic mass is 16.5. The van der Waals surface area contributed by atoms with Crippen LogP contribution in [-0.4, -0.2) is 55.2 Å². The van der Waals surface area contributed by atoms with Crippen LogP contribution in [0.25, 0.3) is 22.1 Å². The van der Waals surface area contributed by atoms with Crippen molar-refractivity contribution >= 4 is 11.0 Å². The number of methoxy groups -OCH3 is 1. The van der Waals surface area contributed by atoms with E-state index in [9.17, 15) is 9.90 Å². The molecule has 0 radical (unpaired) electrons. The van der Waals surface area contributed by atoms with E-state index in [4.69, 9.17) is 9.15 Å². The molecule has 1 aliphatic rings. The Hall–Kier alpha value is -2.83. The number of hydrogen-bond acceptors (Lipinski definition) is 6. The zero-order chi connectivity index (χ0) is 19.7. The molecular formula is C22H24N2O4. The van der Waals surface area contributed by atoms with E-state index in [1.807, 2.05) is 30.3 Å². The second-order valence-electron chi connectivity index (χ2n) is 7.24. The predicted molar refractivity (Wildman–Crippen MR) is 109 cm³/mol. The molecule has 6 heteroatoms. The van der Waals surface area contributed by atoms with Crippen LogP contribution < -0.4 is 10.4 Å². The molecule has 3 aromatic rings. The molecule has 6 nitrogen and oxygen atoms in total. The molecule has 1 fully saturated rings. The SMILES string of the molecule is COc1cccc(-c2cc3ccc(O)c(CN4CCN(C)CC4)c3oc2=O)c1. The van der Waals surface area contributed by atoms with Crippen molar-refractivity contribution in [3.63, 3.8) is 0 Å². The number of nitrogens with zero attached hydrogens (tertiary/aromatic N) is 2. The highest BCUT2D eigenvalue weighted by Gasteiger charge is 2.19. The first-order valence-electron chi connectivity index (χ1n) is 9.39. The van der Waals surface area contributed by atoms with Gasteiger partial charge in [-0.3, -0.25) is 4.90 Å². The Morgan fingerprint density at radius 3 is 2.64 bits per heavy atom. The average molecular weight is 380 g/mol. The molecule has 0 bridgehead atoms. The second kappa shape index (κ2) is 7.66. The molecule has 0 saturated carbocycles. The van der Waals surface area contributed by atoms with Gasteiger partial charge < -0.3 is 19.2 Å². The van der Waals surface area contributed by atoms with E-state index in [1.54, 1.807) is 19.2 Å². The lowest BCUT2D eigenvalue weighted by atomic mass is 10.0. The third kappa shape index (κ3) is 3.61. The van der Waals surface area contributed by atoms with E-state index in [1.165, 1.54) is 0 Å². The van der Waals surface area contributed by atoms with Crippen LogP contribution in [0, 0.1) is 0 Å². The third-order valence-electron chi connectivity index (χ3n) is 5.34. The number of likely N-dealkylation sites (N-methyl/N-ethyl adjacent to an activating group) is 1. The fourth-order valence-electron chi connectivity index (χ4n) is 3.61. The van der Waals surface area contributed by atoms with Crippen LogP contribution in [0.3, 0.4) is 0 Å². The summed E-state index contributed by atoms with van der Waals surface area (Å²) in [5, 5.41) is 11.2. The van der Waals surface area contributed by atoms with E-state index >= 15 is 0 Å². The van der Waals surface area contributed by atoms with Crippen molar-refractivity contribution in [1.29, 1.82) is 0 Å². The number of phenolic OH excluding ortho intramolecular Hbond substituents is 1. The fourth-order valence-corrected chi connectivity index (χ4v) is 3.61. The van der Waals surface area contributed by atoms with Crippen molar-refractivity contribution in [3.8, 4) is 22.6 Å². The number of benzene rings is 2. The van der Waals surface area contributed by atoms with E-state index in [0.717, 1.165) is 37.1 Å². The maximum absolute atomic E-state index is 12.7. The maximum Gasteiger partial charge on any atom is 0.344 e. The van der Waals surface area contributed by atoms with Crippen LogP contribution in [-0.2, 0) is 6.54 Å². The van der Waals surface area contributed by atoms with Gasteiger partial charge in [-0.2, -0.15) is 0 Å². The van der Waals surface area contributed by atoms with Crippen LogP contribution in [0.15, 0.2) is 51.7 Å². The minimum Gasteiger partial charge on any atom is -0.507 e. The first-order chi connectivity index (χ1) is 13.5. The molecule has 2 aromatic carbocycles. The van der Waals surface area contributed by atoms with Gasteiger partial charge in [0, 0.05) is 38.1 Å². The minimum absolute atomic E-state index is 0.156. The Labute approximate surface area is 163 Å². The molecular weight excluding hydrogens is 356 g/mol. The first kappa shape index (κ1) is 18.5. The molecule has 1 aliphatic heterocycles. The summed E-state index contributed by atoms with van der Waals surface area (Å²) in [6.45, 7) is 4.35. The van der Waals surface area contributed by atoms with Crippen LogP contribution in [0.5, 0.6) is 11.5 Å². The monoisotopic (exact) mass is 380 g/mol. The number of phenols is 1. The molecule has 0 amide bonds. The molecule has 28 heavy (non-hydrogen) atoms. The fraction of sp³-hybridized carbons (Fsp3) is 0.318. The van der Waals surface area contributed by atoms with Crippen molar-refractivity contribution in [1.82, 2.24) is 9.80 Å². The Kier molecular flexibility index (Phi) is 5.07. The number of piperazine rings is 1. The summed E-state index contributed by atoms with van der Waals surface area (Å²) in [4.78, 5) is 17.3. The van der Waals surface area contributed by atoms with Gasteiger partial charge in [0.15, 0.2) is 0 Å². The molecule has 0 aliphatic carbocycles. The van der Waals surface area contributed by atoms with Gasteiger partial charge in [-0.25, -0.2) is 4.79 Å². The number of aromatic hydroxyl groups is 1. The Morgan fingerprint density at radius 2 is 1.89 bits per heavy atom. The summed E-state index contributed by atoms with van der Waals surface area (Å²) in [7, 11) is 3.70. The summed E-state index contributed by atoms with van der Waals surface area (Å²) in [5.74, 6) is 0.835. The van der Waals surface area contributed by atoms with Gasteiger partial charge in [0.05, 0.1) is 18.2 Å². The lowest BCUT2D eigenvalue weighted by Crippen LogP contribution is -2.43. The number of fused-ring (bicyclic) bond motifs is 1. The molecule has 1 aromatic heterocycles. The quantitative estimate of drug-likeness (QED) is 0.702. The van der Waals surface area contributed by atoms with Crippen molar-refractivity contribution in [3.05, 3.63) is 58.4 Å². The highest BCUT2D eigenvalue weighted by Crippen LogP contribution is 2.31. The number of hydrogen-bond donors (Lipinski definition) is 1. The van der Waals surface area contributed by atoms with E-state index in [2.05, 4.69) is 16.8 Å². The summed E-state index contributed by atoms with van der Waals surface area (Å²) in [5.41, 5.74) is 1.91. The second-order valence-corrected chi connectivity index (χ2v) is 7.24. The third-order valence-corrected chi connectivity index (χ3v) is 5.34. The molecule has 0 atom stereocenters. The Bertz CT molecular complexity index is 1050. The van der Waals surface area contributed by atoms with Gasteiger partial charge >= 0.3 is 5.63 Å². The molecule has 1 saturated heterocycles. The van der Waals surface area contributed by atoms with E-state index in [0.29, 0.717) is 29.0 Å². The van der Waals surface area contributed by atoms with Gasteiger partial charge in [-0.1, -0.05) is 12.1 Å². The molecule has 0 unspecified atom stereocenters. The van der Waals surface area contributed by atoms with Crippen LogP contribution in [0.2, 0.25) is 0 Å². The smallest absolute Gasteiger partial charge is 0.344 e. The zero-order valence-corrected chi connectivity index (χ0v) is 16.1. The summed E-state index contributed by atoms with van der Waals surface area (Å²) >= 11 is 0. The minimum atomic E-state index is -0.425. The Balaban J connectivity index is 1.75. The van der Waals surface area contributed by atoms with Crippen LogP contribution in [0.4, 0.5) is 0 Å². The van der Waals surface area contributed by atoms with E-state index in [-0.39, 0.29) is 5.75 Å². The summed E-state index contributed by atoms with van der Waals surface area (Å²) < 4.78 is 11.0. The molecule has 0 spiro atoms. The summed E-state index contributed by atoms with van der Waals surface area (Å²) in [6.07, 6.45) is 0. The highest BCUT2D eigenvalue weighted by molar-refractivity contribution is 5.85. The molecule has 2 heterocycles. The Morgan fingerprint density at radius 1 is 1.11 bits per heavy atom. The van der Waals surface area contributed by atoms with Crippen molar-refractivity contribution in [2.24, 2.45) is 0 Å². The molecule has 1 N–H and O–H groups in total. The van der Waals surface area contributed by atoms with Gasteiger partial charge in [0.2, 0.25) is 0 Å². The van der Waals surface area contributed by atoms with Crippen molar-refractivity contribution < 1.29 is 14.3 Å². The van der Waals surface area contributed by atoms with Gasteiger partial charge in [0.25, 0.3) is 0 Å². The maximum atomic E-state index is 12.7. The normalized spacial score (nSPS) is 15.8. The molecule has 146 valence electrons. The largest absolute Gasteiger partial charge is 0.507 e. The zero-order valence-electron chi connectivity index (χ0n) is 16.1. The van der Waals surface area contributed by atoms with Crippen molar-refractivity contribution in [2.45, 2.75) is 6.54 Å².